The number of methoxy groups -OCH3 is 1. The average Bonchev–Trinajstić information content (AvgIpc) is 2.81. The van der Waals surface area contributed by atoms with Gasteiger partial charge in [0, 0.05) is 11.8 Å². The number of ketones is 1. The van der Waals surface area contributed by atoms with Gasteiger partial charge in [-0.3, -0.25) is 4.79 Å². The molecule has 25 heavy (non-hydrogen) atoms. The van der Waals surface area contributed by atoms with E-state index >= 15 is 0 Å². The smallest absolute Gasteiger partial charge is 0.139 e. The van der Waals surface area contributed by atoms with Crippen LogP contribution in [0, 0.1) is 28.6 Å². The Morgan fingerprint density at radius 2 is 1.96 bits per heavy atom. The lowest BCUT2D eigenvalue weighted by Crippen LogP contribution is -2.48. The minimum atomic E-state index is -0.0931. The third-order valence-electron chi connectivity index (χ3n) is 8.31. The van der Waals surface area contributed by atoms with E-state index in [1.807, 2.05) is 0 Å². The summed E-state index contributed by atoms with van der Waals surface area (Å²) in [5.41, 5.74) is 3.06. The molecule has 0 radical (unpaired) electrons. The molecule has 0 bridgehead atoms. The first kappa shape index (κ1) is 17.1. The monoisotopic (exact) mass is 340 g/mol. The predicted octanol–water partition coefficient (Wildman–Crippen LogP) is 5.39. The number of benzene rings is 1. The number of fused-ring (bicyclic) bond motifs is 5. The zero-order valence-electron chi connectivity index (χ0n) is 16.4. The van der Waals surface area contributed by atoms with Crippen LogP contribution < -0.4 is 4.74 Å². The summed E-state index contributed by atoms with van der Waals surface area (Å²) in [4.78, 5) is 13.0. The lowest BCUT2D eigenvalue weighted by Gasteiger charge is -2.53. The first-order valence-electron chi connectivity index (χ1n) is 10.0. The van der Waals surface area contributed by atoms with Crippen LogP contribution in [0.5, 0.6) is 5.75 Å². The van der Waals surface area contributed by atoms with Crippen molar-refractivity contribution in [2.24, 2.45) is 28.6 Å². The Hall–Kier alpha value is -1.31. The van der Waals surface area contributed by atoms with Gasteiger partial charge in [0.2, 0.25) is 0 Å². The second-order valence-corrected chi connectivity index (χ2v) is 9.57. The van der Waals surface area contributed by atoms with Crippen molar-refractivity contribution in [1.82, 2.24) is 0 Å². The van der Waals surface area contributed by atoms with E-state index in [0.717, 1.165) is 31.4 Å². The molecule has 0 amide bonds. The van der Waals surface area contributed by atoms with E-state index in [9.17, 15) is 4.79 Å². The van der Waals surface area contributed by atoms with Crippen molar-refractivity contribution in [3.8, 4) is 5.75 Å². The normalized spacial score (nSPS) is 39.8. The van der Waals surface area contributed by atoms with Crippen molar-refractivity contribution in [3.63, 3.8) is 0 Å². The van der Waals surface area contributed by atoms with Crippen LogP contribution in [0.1, 0.15) is 70.4 Å². The predicted molar refractivity (Wildman–Crippen MR) is 101 cm³/mol. The minimum Gasteiger partial charge on any atom is -0.497 e. The Kier molecular flexibility index (Phi) is 3.83. The van der Waals surface area contributed by atoms with Gasteiger partial charge < -0.3 is 4.74 Å². The minimum absolute atomic E-state index is 0.0931. The zero-order chi connectivity index (χ0) is 18.0. The molecule has 2 saturated carbocycles. The van der Waals surface area contributed by atoms with Gasteiger partial charge in [0.1, 0.15) is 11.5 Å². The van der Waals surface area contributed by atoms with Crippen LogP contribution in [0.25, 0.3) is 0 Å². The van der Waals surface area contributed by atoms with E-state index in [0.29, 0.717) is 29.5 Å². The Morgan fingerprint density at radius 3 is 2.64 bits per heavy atom. The van der Waals surface area contributed by atoms with Crippen molar-refractivity contribution < 1.29 is 9.53 Å². The fourth-order valence-corrected chi connectivity index (χ4v) is 6.64. The first-order valence-corrected chi connectivity index (χ1v) is 10.0. The molecule has 0 aliphatic heterocycles. The summed E-state index contributed by atoms with van der Waals surface area (Å²) in [5.74, 6) is 3.87. The second kappa shape index (κ2) is 5.59. The molecule has 3 aliphatic carbocycles. The van der Waals surface area contributed by atoms with Crippen LogP contribution in [0.4, 0.5) is 0 Å². The molecular formula is C23H32O2. The SMILES string of the molecule is COc1ccc2c(c1)CC[C@@H]1[C@@H]2CC[C@]2(C)C(=O)C[C@](C)(C(C)C)[C@@H]12. The van der Waals surface area contributed by atoms with Gasteiger partial charge in [-0.1, -0.05) is 33.8 Å². The highest BCUT2D eigenvalue weighted by atomic mass is 16.5. The standard InChI is InChI=1S/C23H32O2/c1-14(2)23(4)13-20(24)22(3)11-10-18-17-9-7-16(25-5)12-15(17)6-8-19(18)21(22)23/h7,9,12,14,18-19,21H,6,8,10-11,13H2,1-5H3/t18-,19-,21+,22-,23-/m1/s1. The molecule has 0 unspecified atom stereocenters. The number of carbonyl (C=O) groups is 1. The lowest BCUT2D eigenvalue weighted by atomic mass is 9.50. The molecule has 2 nitrogen and oxygen atoms in total. The molecule has 4 rings (SSSR count). The van der Waals surface area contributed by atoms with Crippen molar-refractivity contribution in [2.75, 3.05) is 7.11 Å². The number of hydrogen-bond donors (Lipinski definition) is 0. The van der Waals surface area contributed by atoms with Gasteiger partial charge in [0.05, 0.1) is 7.11 Å². The molecule has 3 aliphatic rings. The summed E-state index contributed by atoms with van der Waals surface area (Å²) in [5, 5.41) is 0. The molecule has 1 aromatic carbocycles. The van der Waals surface area contributed by atoms with Crippen LogP contribution in [0.3, 0.4) is 0 Å². The van der Waals surface area contributed by atoms with E-state index < -0.39 is 0 Å². The zero-order valence-corrected chi connectivity index (χ0v) is 16.4. The molecule has 2 heteroatoms. The Labute approximate surface area is 152 Å². The molecule has 136 valence electrons. The molecule has 1 aromatic rings. The quantitative estimate of drug-likeness (QED) is 0.721. The third kappa shape index (κ3) is 2.25. The van der Waals surface area contributed by atoms with Crippen LogP contribution in [-0.2, 0) is 11.2 Å². The van der Waals surface area contributed by atoms with E-state index in [1.165, 1.54) is 17.5 Å². The van der Waals surface area contributed by atoms with Gasteiger partial charge in [0.25, 0.3) is 0 Å². The summed E-state index contributed by atoms with van der Waals surface area (Å²) in [6.07, 6.45) is 5.36. The number of aryl methyl sites for hydroxylation is 1. The van der Waals surface area contributed by atoms with E-state index in [1.54, 1.807) is 7.11 Å². The maximum atomic E-state index is 13.0. The van der Waals surface area contributed by atoms with Gasteiger partial charge >= 0.3 is 0 Å². The summed E-state index contributed by atoms with van der Waals surface area (Å²) >= 11 is 0. The number of hydrogen-bond acceptors (Lipinski definition) is 2. The van der Waals surface area contributed by atoms with E-state index in [4.69, 9.17) is 4.74 Å². The molecule has 0 saturated heterocycles. The van der Waals surface area contributed by atoms with E-state index in [-0.39, 0.29) is 10.8 Å². The largest absolute Gasteiger partial charge is 0.497 e. The molecule has 5 atom stereocenters. The van der Waals surface area contributed by atoms with Crippen LogP contribution >= 0.6 is 0 Å². The number of rotatable bonds is 2. The van der Waals surface area contributed by atoms with Crippen molar-refractivity contribution in [1.29, 1.82) is 0 Å². The third-order valence-corrected chi connectivity index (χ3v) is 8.31. The van der Waals surface area contributed by atoms with Crippen molar-refractivity contribution in [2.45, 2.75) is 65.7 Å². The van der Waals surface area contributed by atoms with Crippen LogP contribution in [0.2, 0.25) is 0 Å². The highest BCUT2D eigenvalue weighted by Gasteiger charge is 2.63. The van der Waals surface area contributed by atoms with Gasteiger partial charge in [-0.15, -0.1) is 0 Å². The van der Waals surface area contributed by atoms with Crippen molar-refractivity contribution >= 4 is 5.78 Å². The summed E-state index contributed by atoms with van der Waals surface area (Å²) in [6, 6.07) is 6.66. The second-order valence-electron chi connectivity index (χ2n) is 9.57. The van der Waals surface area contributed by atoms with Gasteiger partial charge in [0.15, 0.2) is 0 Å². The maximum absolute atomic E-state index is 13.0. The van der Waals surface area contributed by atoms with Gasteiger partial charge in [-0.05, 0) is 78.0 Å². The summed E-state index contributed by atoms with van der Waals surface area (Å²) < 4.78 is 5.44. The Morgan fingerprint density at radius 1 is 1.20 bits per heavy atom. The van der Waals surface area contributed by atoms with Crippen molar-refractivity contribution in [3.05, 3.63) is 29.3 Å². The van der Waals surface area contributed by atoms with Gasteiger partial charge in [-0.25, -0.2) is 0 Å². The molecule has 0 N–H and O–H groups in total. The lowest BCUT2D eigenvalue weighted by molar-refractivity contribution is -0.129. The van der Waals surface area contributed by atoms with Crippen LogP contribution in [-0.4, -0.2) is 12.9 Å². The summed E-state index contributed by atoms with van der Waals surface area (Å²) in [6.45, 7) is 9.33. The average molecular weight is 341 g/mol. The first-order chi connectivity index (χ1) is 11.8. The Bertz CT molecular complexity index is 706. The highest BCUT2D eigenvalue weighted by Crippen LogP contribution is 2.67. The summed E-state index contributed by atoms with van der Waals surface area (Å²) in [7, 11) is 1.75. The number of Topliss-reactive ketones (excluding diaryl/α,β-unsaturated/α-hetero) is 1. The molecule has 0 spiro atoms. The molecular weight excluding hydrogens is 308 g/mol. The number of ether oxygens (including phenoxy) is 1. The van der Waals surface area contributed by atoms with Gasteiger partial charge in [-0.2, -0.15) is 0 Å². The fraction of sp³-hybridized carbons (Fsp3) is 0.696. The Balaban J connectivity index is 1.77. The highest BCUT2D eigenvalue weighted by molar-refractivity contribution is 5.88. The topological polar surface area (TPSA) is 26.3 Å². The van der Waals surface area contributed by atoms with Crippen LogP contribution in [0.15, 0.2) is 18.2 Å². The number of carbonyl (C=O) groups excluding carboxylic acids is 1. The van der Waals surface area contributed by atoms with E-state index in [2.05, 4.69) is 45.9 Å². The fourth-order valence-electron chi connectivity index (χ4n) is 6.64. The molecule has 0 heterocycles. The molecule has 2 fully saturated rings. The molecule has 0 aromatic heterocycles. The maximum Gasteiger partial charge on any atom is 0.139 e.